The molecule has 1 fully saturated rings. The topological polar surface area (TPSA) is 299 Å². The lowest BCUT2D eigenvalue weighted by Crippen LogP contribution is -2.46. The molecule has 0 bridgehead atoms. The van der Waals surface area contributed by atoms with Gasteiger partial charge in [0.1, 0.15) is 63.6 Å². The highest BCUT2D eigenvalue weighted by Gasteiger charge is 2.46. The first-order chi connectivity index (χ1) is 46.3. The van der Waals surface area contributed by atoms with Crippen molar-refractivity contribution in [2.75, 3.05) is 37.7 Å². The maximum atomic E-state index is 14.0. The summed E-state index contributed by atoms with van der Waals surface area (Å²) < 4.78 is 73.6. The lowest BCUT2D eigenvalue weighted by atomic mass is 9.81. The number of anilines is 1. The molecule has 3 aliphatic rings. The number of nitrogens with zero attached hydrogens (tertiary/aromatic N) is 5. The van der Waals surface area contributed by atoms with E-state index in [4.69, 9.17) is 0 Å². The number of aryl methyl sites for hydroxylation is 1. The molecule has 5 N–H and O–H groups in total. The molecule has 1 aliphatic carbocycles. The van der Waals surface area contributed by atoms with Crippen LogP contribution in [0.3, 0.4) is 0 Å². The van der Waals surface area contributed by atoms with Crippen LogP contribution in [0.1, 0.15) is 128 Å². The summed E-state index contributed by atoms with van der Waals surface area (Å²) in [5.41, 5.74) is 4.09. The van der Waals surface area contributed by atoms with Crippen molar-refractivity contribution in [3.8, 4) is 0 Å². The highest BCUT2D eigenvalue weighted by molar-refractivity contribution is 7.95. The third-order valence-corrected chi connectivity index (χ3v) is 24.7. The van der Waals surface area contributed by atoms with Crippen molar-refractivity contribution in [1.82, 2.24) is 36.3 Å². The highest BCUT2D eigenvalue weighted by atomic mass is 32.2. The van der Waals surface area contributed by atoms with E-state index in [1.54, 1.807) is 23.0 Å². The third-order valence-electron chi connectivity index (χ3n) is 18.5. The van der Waals surface area contributed by atoms with Crippen LogP contribution in [-0.4, -0.2) is 125 Å². The molecule has 512 valence electrons. The monoisotopic (exact) mass is 1380 g/mol. The maximum absolute atomic E-state index is 14.0. The Morgan fingerprint density at radius 1 is 0.691 bits per heavy atom. The van der Waals surface area contributed by atoms with Crippen molar-refractivity contribution in [3.63, 3.8) is 0 Å². The van der Waals surface area contributed by atoms with Gasteiger partial charge in [-0.15, -0.1) is 5.10 Å². The number of fused-ring (bicyclic) bond motifs is 2. The minimum Gasteiger partial charge on any atom is -0.744 e. The Balaban J connectivity index is 0.745. The number of hydrogen-bond donors (Lipinski definition) is 5. The van der Waals surface area contributed by atoms with E-state index < -0.39 is 56.2 Å². The number of carbonyl (C=O) groups is 6. The van der Waals surface area contributed by atoms with Crippen LogP contribution in [0.5, 0.6) is 0 Å². The van der Waals surface area contributed by atoms with Crippen LogP contribution in [-0.2, 0) is 72.9 Å². The molecular weight excluding hydrogens is 1290 g/mol. The van der Waals surface area contributed by atoms with Crippen molar-refractivity contribution in [3.05, 3.63) is 186 Å². The molecule has 1 saturated carbocycles. The molecule has 5 aromatic carbocycles. The molecule has 97 heavy (non-hydrogen) atoms. The number of ketones is 2. The number of aromatic nitrogens is 3. The summed E-state index contributed by atoms with van der Waals surface area (Å²) >= 11 is 0. The van der Waals surface area contributed by atoms with Gasteiger partial charge in [-0.1, -0.05) is 98.3 Å². The van der Waals surface area contributed by atoms with E-state index in [0.29, 0.717) is 76.4 Å². The fraction of sp³-hybridized carbons (Fsp3) is 0.384. The Bertz CT molecular complexity index is 4120. The van der Waals surface area contributed by atoms with Gasteiger partial charge in [-0.2, -0.15) is 13.0 Å². The summed E-state index contributed by atoms with van der Waals surface area (Å²) in [7, 11) is -9.44. The van der Waals surface area contributed by atoms with Crippen molar-refractivity contribution in [2.45, 2.75) is 151 Å². The van der Waals surface area contributed by atoms with Crippen molar-refractivity contribution < 1.29 is 59.3 Å². The SMILES string of the molecule is C[N+]1=C(/C=C/C=C/C=C2/N(CCCCCC(=O)NCCCn3cc(CNC(=O)[C@H](CCCCNC(=O)C4CC(=O)CC(=O)C4)NC(=O)CCC[P+](c4ccccc4)(c4ccccc4)c4ccccc4)nn3)c3ccc(S(=O)(=O)O)cc3C2(C)C)C(C)(C)c2cc(S(=O)(=O)[O-])ccc21. The molecule has 0 radical (unpaired) electrons. The summed E-state index contributed by atoms with van der Waals surface area (Å²) in [6.07, 6.45) is 16.8. The smallest absolute Gasteiger partial charge is 0.294 e. The Labute approximate surface area is 569 Å². The molecule has 24 heteroatoms. The second-order valence-electron chi connectivity index (χ2n) is 26.0. The number of hydrogen-bond acceptors (Lipinski definition) is 14. The molecule has 1 aromatic heterocycles. The first kappa shape index (κ1) is 72.7. The fourth-order valence-corrected chi connectivity index (χ4v) is 18.7. The third kappa shape index (κ3) is 18.2. The van der Waals surface area contributed by atoms with Crippen LogP contribution in [0.15, 0.2) is 179 Å². The van der Waals surface area contributed by atoms with Crippen LogP contribution in [0.2, 0.25) is 0 Å². The van der Waals surface area contributed by atoms with E-state index in [-0.39, 0.29) is 84.3 Å². The maximum Gasteiger partial charge on any atom is 0.294 e. The Morgan fingerprint density at radius 2 is 1.31 bits per heavy atom. The van der Waals surface area contributed by atoms with Gasteiger partial charge in [0, 0.05) is 86.4 Å². The van der Waals surface area contributed by atoms with Gasteiger partial charge in [-0.25, -0.2) is 8.42 Å². The number of rotatable bonds is 32. The van der Waals surface area contributed by atoms with E-state index in [0.717, 1.165) is 40.3 Å². The molecule has 3 heterocycles. The number of unbranched alkanes of at least 4 members (excludes halogenated alkanes) is 3. The average Bonchev–Trinajstić information content (AvgIpc) is 1.62. The zero-order valence-electron chi connectivity index (χ0n) is 55.6. The van der Waals surface area contributed by atoms with Gasteiger partial charge in [-0.05, 0) is 137 Å². The van der Waals surface area contributed by atoms with Crippen LogP contribution < -0.4 is 42.1 Å². The zero-order valence-corrected chi connectivity index (χ0v) is 58.1. The highest BCUT2D eigenvalue weighted by Crippen LogP contribution is 2.56. The van der Waals surface area contributed by atoms with Gasteiger partial charge in [0.15, 0.2) is 5.71 Å². The molecule has 6 aromatic rings. The molecule has 9 rings (SSSR count). The van der Waals surface area contributed by atoms with Gasteiger partial charge in [-0.3, -0.25) is 38.0 Å². The summed E-state index contributed by atoms with van der Waals surface area (Å²) in [6, 6.07) is 39.4. The first-order valence-electron chi connectivity index (χ1n) is 33.0. The lowest BCUT2D eigenvalue weighted by Gasteiger charge is -2.27. The molecule has 4 amide bonds. The molecule has 1 atom stereocenters. The van der Waals surface area contributed by atoms with Crippen LogP contribution in [0, 0.1) is 5.92 Å². The summed E-state index contributed by atoms with van der Waals surface area (Å²) in [5.74, 6) is -2.28. The van der Waals surface area contributed by atoms with Gasteiger partial charge in [0.05, 0.1) is 46.4 Å². The van der Waals surface area contributed by atoms with Crippen LogP contribution >= 0.6 is 7.26 Å². The Morgan fingerprint density at radius 3 is 1.95 bits per heavy atom. The second kappa shape index (κ2) is 32.2. The number of amides is 4. The van der Waals surface area contributed by atoms with E-state index in [9.17, 15) is 54.7 Å². The van der Waals surface area contributed by atoms with Crippen LogP contribution in [0.4, 0.5) is 11.4 Å². The average molecular weight is 1380 g/mol. The number of carbonyl (C=O) groups excluding carboxylic acids is 6. The standard InChI is InChI=1S/C73H86N9O12PS2/c1-72(2)61-48-59(96(89,90)91)36-38-64(61)80(5)66(72)32-17-9-18-33-67-73(3,4)62-49-60(97(92,93)94)37-39-65(62)82(67)43-22-10-19-34-68(85)74-41-24-42-81-51-53(78-79-81)50-76-71(88)63(31-20-21-40-75-70(87)52-45-54(83)47-55(84)46-52)77-69(86)35-23-44-95(56-25-11-6-12-26-56,57-27-13-7-14-28-57)58-29-15-8-16-30-58/h6-9,11-18,25-30,32-33,36-39,48-49,51-52,63H,10,19-24,31,34-35,40-47,50H2,1-5H3,(H4-2,74,75,76,77,85,86,87,88,89,90,91,92,93,94)/p+1/t63-/m0/s1. The van der Waals surface area contributed by atoms with Crippen molar-refractivity contribution in [1.29, 1.82) is 0 Å². The molecule has 0 spiro atoms. The van der Waals surface area contributed by atoms with Gasteiger partial charge in [0.25, 0.3) is 10.1 Å². The fourth-order valence-electron chi connectivity index (χ4n) is 13.4. The minimum absolute atomic E-state index is 0.0372. The molecule has 21 nitrogen and oxygen atoms in total. The van der Waals surface area contributed by atoms with E-state index in [2.05, 4.69) is 72.9 Å². The molecular formula is C73H87N9O12PS2+. The van der Waals surface area contributed by atoms with Gasteiger partial charge < -0.3 is 30.7 Å². The number of nitrogens with one attached hydrogen (secondary N) is 4. The Kier molecular flexibility index (Phi) is 24.1. The number of benzene rings is 5. The summed E-state index contributed by atoms with van der Waals surface area (Å²) in [5, 5.41) is 23.9. The van der Waals surface area contributed by atoms with E-state index >= 15 is 0 Å². The summed E-state index contributed by atoms with van der Waals surface area (Å²) in [6.45, 7) is 9.63. The number of Topliss-reactive ketones (excluding diaryl/α,β-unsaturated/α-hetero) is 2. The van der Waals surface area contributed by atoms with Crippen LogP contribution in [0.25, 0.3) is 0 Å². The van der Waals surface area contributed by atoms with Crippen molar-refractivity contribution in [2.24, 2.45) is 5.92 Å². The number of allylic oxidation sites excluding steroid dienone is 6. The summed E-state index contributed by atoms with van der Waals surface area (Å²) in [4.78, 5) is 79.5. The van der Waals surface area contributed by atoms with E-state index in [1.807, 2.05) is 124 Å². The van der Waals surface area contributed by atoms with E-state index in [1.165, 1.54) is 40.2 Å². The minimum atomic E-state index is -4.64. The second-order valence-corrected chi connectivity index (χ2v) is 32.5. The quantitative estimate of drug-likeness (QED) is 0.00666. The zero-order chi connectivity index (χ0) is 69.5. The predicted molar refractivity (Wildman–Crippen MR) is 375 cm³/mol. The van der Waals surface area contributed by atoms with Gasteiger partial charge in [0.2, 0.25) is 29.3 Å². The Hall–Kier alpha value is -8.60. The predicted octanol–water partition coefficient (Wildman–Crippen LogP) is 8.10. The molecule has 0 unspecified atom stereocenters. The largest absolute Gasteiger partial charge is 0.744 e. The molecule has 0 saturated heterocycles. The molecule has 2 aliphatic heterocycles. The first-order valence-corrected chi connectivity index (χ1v) is 37.8. The van der Waals surface area contributed by atoms with Crippen molar-refractivity contribution >= 4 is 95.7 Å². The van der Waals surface area contributed by atoms with Gasteiger partial charge >= 0.3 is 0 Å². The normalized spacial score (nSPS) is 16.2. The lowest BCUT2D eigenvalue weighted by molar-refractivity contribution is -0.401.